The molecule has 5 nitrogen and oxygen atoms in total. The first kappa shape index (κ1) is 16.9. The van der Waals surface area contributed by atoms with E-state index in [9.17, 15) is 5.11 Å². The molecule has 1 N–H and O–H groups in total. The van der Waals surface area contributed by atoms with E-state index in [4.69, 9.17) is 4.74 Å². The van der Waals surface area contributed by atoms with E-state index in [1.807, 2.05) is 30.6 Å². The molecule has 4 rings (SSSR count). The summed E-state index contributed by atoms with van der Waals surface area (Å²) >= 11 is 0. The number of aliphatic hydroxyl groups excluding tert-OH is 1. The molecule has 0 atom stereocenters. The van der Waals surface area contributed by atoms with E-state index in [1.165, 1.54) is 0 Å². The molecular formula is C21H23N3O2. The van der Waals surface area contributed by atoms with Crippen LogP contribution in [0, 0.1) is 5.41 Å². The Bertz CT molecular complexity index is 837. The summed E-state index contributed by atoms with van der Waals surface area (Å²) in [5, 5.41) is 9.97. The number of nitrogens with zero attached hydrogens (tertiary/aromatic N) is 3. The lowest BCUT2D eigenvalue weighted by Crippen LogP contribution is -2.37. The van der Waals surface area contributed by atoms with Gasteiger partial charge in [-0.2, -0.15) is 0 Å². The minimum absolute atomic E-state index is 0.123. The zero-order chi connectivity index (χ0) is 17.8. The van der Waals surface area contributed by atoms with Gasteiger partial charge < -0.3 is 14.4 Å². The molecule has 26 heavy (non-hydrogen) atoms. The summed E-state index contributed by atoms with van der Waals surface area (Å²) in [5.41, 5.74) is 2.99. The number of imidazole rings is 1. The van der Waals surface area contributed by atoms with Crippen molar-refractivity contribution in [2.45, 2.75) is 19.4 Å². The Morgan fingerprint density at radius 1 is 0.962 bits per heavy atom. The Balaban J connectivity index is 1.58. The van der Waals surface area contributed by atoms with Crippen LogP contribution < -0.4 is 0 Å². The van der Waals surface area contributed by atoms with Gasteiger partial charge >= 0.3 is 0 Å². The van der Waals surface area contributed by atoms with Crippen LogP contribution in [0.15, 0.2) is 61.1 Å². The van der Waals surface area contributed by atoms with Crippen molar-refractivity contribution in [2.75, 3.05) is 19.8 Å². The van der Waals surface area contributed by atoms with Gasteiger partial charge in [-0.05, 0) is 25.0 Å². The highest BCUT2D eigenvalue weighted by Crippen LogP contribution is 2.33. The molecule has 5 heteroatoms. The molecule has 0 spiro atoms. The van der Waals surface area contributed by atoms with Crippen molar-refractivity contribution >= 4 is 0 Å². The first-order chi connectivity index (χ1) is 12.8. The van der Waals surface area contributed by atoms with Crippen molar-refractivity contribution in [1.82, 2.24) is 14.5 Å². The second kappa shape index (κ2) is 7.40. The molecule has 0 radical (unpaired) electrons. The second-order valence-corrected chi connectivity index (χ2v) is 6.94. The standard InChI is InChI=1S/C21H23N3O2/c25-16-21(8-13-26-14-9-21)15-24-12-11-23-20(24)18-6-4-17(5-7-18)19-3-1-2-10-22-19/h1-7,10-12,25H,8-9,13-16H2. The molecule has 1 saturated heterocycles. The molecule has 1 aliphatic heterocycles. The van der Waals surface area contributed by atoms with Crippen molar-refractivity contribution in [1.29, 1.82) is 0 Å². The Labute approximate surface area is 153 Å². The highest BCUT2D eigenvalue weighted by molar-refractivity contribution is 5.65. The third-order valence-electron chi connectivity index (χ3n) is 5.21. The first-order valence-electron chi connectivity index (χ1n) is 9.01. The van der Waals surface area contributed by atoms with Crippen LogP contribution in [-0.4, -0.2) is 39.5 Å². The summed E-state index contributed by atoms with van der Waals surface area (Å²) < 4.78 is 7.62. The van der Waals surface area contributed by atoms with Crippen molar-refractivity contribution < 1.29 is 9.84 Å². The number of benzene rings is 1. The van der Waals surface area contributed by atoms with Gasteiger partial charge in [0.25, 0.3) is 0 Å². The minimum atomic E-state index is -0.123. The summed E-state index contributed by atoms with van der Waals surface area (Å²) in [6.45, 7) is 2.35. The highest BCUT2D eigenvalue weighted by Gasteiger charge is 2.33. The molecular weight excluding hydrogens is 326 g/mol. The number of hydrogen-bond donors (Lipinski definition) is 1. The van der Waals surface area contributed by atoms with E-state index in [2.05, 4.69) is 38.8 Å². The Kier molecular flexibility index (Phi) is 4.82. The normalized spacial score (nSPS) is 16.5. The SMILES string of the molecule is OCC1(Cn2ccnc2-c2ccc(-c3ccccn3)cc2)CCOCC1. The van der Waals surface area contributed by atoms with Gasteiger partial charge in [-0.25, -0.2) is 4.98 Å². The Morgan fingerprint density at radius 3 is 2.42 bits per heavy atom. The molecule has 1 aromatic carbocycles. The van der Waals surface area contributed by atoms with E-state index >= 15 is 0 Å². The monoisotopic (exact) mass is 349 g/mol. The average Bonchev–Trinajstić information content (AvgIpc) is 3.17. The van der Waals surface area contributed by atoms with Gasteiger partial charge in [-0.1, -0.05) is 30.3 Å². The number of aromatic nitrogens is 3. The van der Waals surface area contributed by atoms with Crippen molar-refractivity contribution in [3.63, 3.8) is 0 Å². The molecule has 134 valence electrons. The minimum Gasteiger partial charge on any atom is -0.396 e. The van der Waals surface area contributed by atoms with Crippen molar-refractivity contribution in [2.24, 2.45) is 5.41 Å². The number of rotatable bonds is 5. The van der Waals surface area contributed by atoms with Gasteiger partial charge in [0.1, 0.15) is 5.82 Å². The number of pyridine rings is 1. The maximum atomic E-state index is 9.97. The van der Waals surface area contributed by atoms with Crippen molar-refractivity contribution in [3.05, 3.63) is 61.1 Å². The lowest BCUT2D eigenvalue weighted by molar-refractivity contribution is -0.0250. The third kappa shape index (κ3) is 3.41. The molecule has 0 bridgehead atoms. The molecule has 0 amide bonds. The maximum absolute atomic E-state index is 9.97. The van der Waals surface area contributed by atoms with E-state index in [0.29, 0.717) is 13.2 Å². The molecule has 0 aliphatic carbocycles. The van der Waals surface area contributed by atoms with Crippen LogP contribution in [0.25, 0.3) is 22.6 Å². The van der Waals surface area contributed by atoms with Crippen LogP contribution in [0.3, 0.4) is 0 Å². The number of hydrogen-bond acceptors (Lipinski definition) is 4. The van der Waals surface area contributed by atoms with Gasteiger partial charge in [-0.3, -0.25) is 4.98 Å². The first-order valence-corrected chi connectivity index (χ1v) is 9.01. The fourth-order valence-corrected chi connectivity index (χ4v) is 3.55. The largest absolute Gasteiger partial charge is 0.396 e. The lowest BCUT2D eigenvalue weighted by atomic mass is 9.81. The highest BCUT2D eigenvalue weighted by atomic mass is 16.5. The van der Waals surface area contributed by atoms with Gasteiger partial charge in [0.15, 0.2) is 0 Å². The number of ether oxygens (including phenoxy) is 1. The quantitative estimate of drug-likeness (QED) is 0.767. The van der Waals surface area contributed by atoms with Gasteiger partial charge in [0.05, 0.1) is 12.3 Å². The van der Waals surface area contributed by atoms with Crippen LogP contribution in [0.1, 0.15) is 12.8 Å². The second-order valence-electron chi connectivity index (χ2n) is 6.94. The third-order valence-corrected chi connectivity index (χ3v) is 5.21. The zero-order valence-corrected chi connectivity index (χ0v) is 14.7. The summed E-state index contributed by atoms with van der Waals surface area (Å²) in [7, 11) is 0. The summed E-state index contributed by atoms with van der Waals surface area (Å²) in [4.78, 5) is 8.95. The molecule has 1 fully saturated rings. The average molecular weight is 349 g/mol. The van der Waals surface area contributed by atoms with Crippen LogP contribution in [-0.2, 0) is 11.3 Å². The molecule has 3 aromatic rings. The maximum Gasteiger partial charge on any atom is 0.139 e. The Morgan fingerprint density at radius 2 is 1.73 bits per heavy atom. The molecule has 2 aromatic heterocycles. The van der Waals surface area contributed by atoms with Crippen LogP contribution in [0.4, 0.5) is 0 Å². The van der Waals surface area contributed by atoms with E-state index < -0.39 is 0 Å². The van der Waals surface area contributed by atoms with E-state index in [1.54, 1.807) is 6.20 Å². The van der Waals surface area contributed by atoms with Gasteiger partial charge in [0, 0.05) is 54.9 Å². The van der Waals surface area contributed by atoms with Crippen LogP contribution >= 0.6 is 0 Å². The van der Waals surface area contributed by atoms with E-state index in [-0.39, 0.29) is 12.0 Å². The molecule has 1 aliphatic rings. The fourth-order valence-electron chi connectivity index (χ4n) is 3.55. The zero-order valence-electron chi connectivity index (χ0n) is 14.7. The Hall–Kier alpha value is -2.50. The molecule has 0 saturated carbocycles. The topological polar surface area (TPSA) is 60.2 Å². The number of aliphatic hydroxyl groups is 1. The lowest BCUT2D eigenvalue weighted by Gasteiger charge is -2.36. The van der Waals surface area contributed by atoms with Crippen molar-refractivity contribution in [3.8, 4) is 22.6 Å². The molecule has 3 heterocycles. The predicted molar refractivity (Wildman–Crippen MR) is 100 cm³/mol. The van der Waals surface area contributed by atoms with Crippen LogP contribution in [0.5, 0.6) is 0 Å². The smallest absolute Gasteiger partial charge is 0.139 e. The fraction of sp³-hybridized carbons (Fsp3) is 0.333. The summed E-state index contributed by atoms with van der Waals surface area (Å²) in [6.07, 6.45) is 7.37. The van der Waals surface area contributed by atoms with E-state index in [0.717, 1.165) is 42.0 Å². The van der Waals surface area contributed by atoms with Gasteiger partial charge in [-0.15, -0.1) is 0 Å². The predicted octanol–water partition coefficient (Wildman–Crippen LogP) is 3.40. The molecule has 0 unspecified atom stereocenters. The van der Waals surface area contributed by atoms with Gasteiger partial charge in [0.2, 0.25) is 0 Å². The van der Waals surface area contributed by atoms with Crippen LogP contribution in [0.2, 0.25) is 0 Å². The summed E-state index contributed by atoms with van der Waals surface area (Å²) in [6, 6.07) is 14.2. The summed E-state index contributed by atoms with van der Waals surface area (Å²) in [5.74, 6) is 0.928.